The van der Waals surface area contributed by atoms with Crippen LogP contribution in [0.15, 0.2) is 54.9 Å². The number of H-pyrrole nitrogens is 1. The second-order valence-electron chi connectivity index (χ2n) is 6.21. The summed E-state index contributed by atoms with van der Waals surface area (Å²) in [5.41, 5.74) is 4.26. The first-order valence-corrected chi connectivity index (χ1v) is 8.69. The second-order valence-corrected chi connectivity index (χ2v) is 6.21. The van der Waals surface area contributed by atoms with E-state index in [2.05, 4.69) is 39.4 Å². The zero-order valence-electron chi connectivity index (χ0n) is 14.5. The molecular weight excluding hydrogens is 329 g/mol. The molecule has 0 aliphatic heterocycles. The van der Waals surface area contributed by atoms with Gasteiger partial charge in [0.2, 0.25) is 0 Å². The highest BCUT2D eigenvalue weighted by molar-refractivity contribution is 5.79. The number of pyridine rings is 1. The smallest absolute Gasteiger partial charge is 0.148 e. The number of rotatable bonds is 6. The van der Waals surface area contributed by atoms with Crippen molar-refractivity contribution in [3.8, 4) is 0 Å². The molecule has 3 aromatic heterocycles. The van der Waals surface area contributed by atoms with E-state index < -0.39 is 0 Å². The van der Waals surface area contributed by atoms with Crippen molar-refractivity contribution < 1.29 is 4.39 Å². The van der Waals surface area contributed by atoms with Crippen LogP contribution in [0.4, 0.5) is 10.2 Å². The molecule has 1 aromatic carbocycles. The quantitative estimate of drug-likeness (QED) is 0.550. The Bertz CT molecular complexity index is 1020. The van der Waals surface area contributed by atoms with Gasteiger partial charge in [-0.3, -0.25) is 4.68 Å². The van der Waals surface area contributed by atoms with Gasteiger partial charge in [-0.05, 0) is 42.3 Å². The molecule has 0 spiro atoms. The van der Waals surface area contributed by atoms with E-state index in [1.807, 2.05) is 16.9 Å². The molecule has 0 bridgehead atoms. The van der Waals surface area contributed by atoms with Crippen LogP contribution in [0.1, 0.15) is 23.7 Å². The molecule has 0 fully saturated rings. The highest BCUT2D eigenvalue weighted by atomic mass is 19.1. The number of nitrogens with one attached hydrogen (secondary N) is 2. The zero-order chi connectivity index (χ0) is 17.9. The van der Waals surface area contributed by atoms with Gasteiger partial charge in [0, 0.05) is 49.1 Å². The summed E-state index contributed by atoms with van der Waals surface area (Å²) in [5, 5.41) is 9.08. The second kappa shape index (κ2) is 7.00. The molecule has 0 radical (unpaired) electrons. The van der Waals surface area contributed by atoms with E-state index in [1.165, 1.54) is 17.7 Å². The fourth-order valence-corrected chi connectivity index (χ4v) is 3.11. The predicted octanol–water partition coefficient (Wildman–Crippen LogP) is 4.12. The number of hydrogen-bond acceptors (Lipinski definition) is 3. The van der Waals surface area contributed by atoms with Gasteiger partial charge in [0.25, 0.3) is 0 Å². The molecule has 0 aliphatic rings. The SMILES string of the molecule is CCn1nc(NCc2ccc(F)cc2)cc1Cc1c[nH]c2ncccc12. The third-order valence-corrected chi connectivity index (χ3v) is 4.46. The molecule has 2 N–H and O–H groups in total. The molecule has 26 heavy (non-hydrogen) atoms. The van der Waals surface area contributed by atoms with E-state index in [4.69, 9.17) is 0 Å². The van der Waals surface area contributed by atoms with Crippen LogP contribution < -0.4 is 5.32 Å². The Kier molecular flexibility index (Phi) is 4.39. The molecule has 0 unspecified atom stereocenters. The molecule has 132 valence electrons. The van der Waals surface area contributed by atoms with Crippen LogP contribution in [0, 0.1) is 5.82 Å². The average Bonchev–Trinajstić information content (AvgIpc) is 3.26. The average molecular weight is 349 g/mol. The van der Waals surface area contributed by atoms with Gasteiger partial charge in [0.15, 0.2) is 0 Å². The summed E-state index contributed by atoms with van der Waals surface area (Å²) >= 11 is 0. The lowest BCUT2D eigenvalue weighted by molar-refractivity contribution is 0.627. The number of aromatic nitrogens is 4. The minimum Gasteiger partial charge on any atom is -0.365 e. The van der Waals surface area contributed by atoms with Crippen molar-refractivity contribution in [3.05, 3.63) is 77.5 Å². The van der Waals surface area contributed by atoms with E-state index >= 15 is 0 Å². The van der Waals surface area contributed by atoms with Crippen molar-refractivity contribution in [2.45, 2.75) is 26.4 Å². The summed E-state index contributed by atoms with van der Waals surface area (Å²) < 4.78 is 15.0. The minimum absolute atomic E-state index is 0.223. The Labute approximate surface area is 150 Å². The number of aryl methyl sites for hydroxylation is 1. The van der Waals surface area contributed by atoms with Gasteiger partial charge < -0.3 is 10.3 Å². The van der Waals surface area contributed by atoms with Gasteiger partial charge in [-0.1, -0.05) is 12.1 Å². The Hall–Kier alpha value is -3.15. The number of benzene rings is 1. The van der Waals surface area contributed by atoms with E-state index in [-0.39, 0.29) is 5.82 Å². The van der Waals surface area contributed by atoms with Crippen LogP contribution in [0.3, 0.4) is 0 Å². The lowest BCUT2D eigenvalue weighted by Crippen LogP contribution is -2.04. The first kappa shape index (κ1) is 16.3. The number of hydrogen-bond donors (Lipinski definition) is 2. The zero-order valence-corrected chi connectivity index (χ0v) is 14.5. The van der Waals surface area contributed by atoms with Crippen LogP contribution in [0.5, 0.6) is 0 Å². The number of fused-ring (bicyclic) bond motifs is 1. The minimum atomic E-state index is -0.223. The molecular formula is C20H20FN5. The Morgan fingerprint density at radius 2 is 2.04 bits per heavy atom. The lowest BCUT2D eigenvalue weighted by Gasteiger charge is -2.03. The topological polar surface area (TPSA) is 58.5 Å². The van der Waals surface area contributed by atoms with Crippen LogP contribution in [0.25, 0.3) is 11.0 Å². The summed E-state index contributed by atoms with van der Waals surface area (Å²) in [6, 6.07) is 12.6. The van der Waals surface area contributed by atoms with Gasteiger partial charge in [0.1, 0.15) is 17.3 Å². The van der Waals surface area contributed by atoms with Crippen LogP contribution in [-0.4, -0.2) is 19.7 Å². The fourth-order valence-electron chi connectivity index (χ4n) is 3.11. The van der Waals surface area contributed by atoms with Crippen molar-refractivity contribution in [1.29, 1.82) is 0 Å². The van der Waals surface area contributed by atoms with Gasteiger partial charge >= 0.3 is 0 Å². The maximum Gasteiger partial charge on any atom is 0.148 e. The molecule has 0 amide bonds. The molecule has 4 rings (SSSR count). The molecule has 0 atom stereocenters. The van der Waals surface area contributed by atoms with Gasteiger partial charge in [-0.2, -0.15) is 5.10 Å². The van der Waals surface area contributed by atoms with Crippen molar-refractivity contribution >= 4 is 16.9 Å². The van der Waals surface area contributed by atoms with Gasteiger partial charge in [-0.15, -0.1) is 0 Å². The third-order valence-electron chi connectivity index (χ3n) is 4.46. The van der Waals surface area contributed by atoms with Gasteiger partial charge in [0.05, 0.1) is 0 Å². The first-order chi connectivity index (χ1) is 12.7. The number of halogens is 1. The molecule has 3 heterocycles. The standard InChI is InChI=1S/C20H20FN5/c1-2-26-17(10-15-13-24-20-18(15)4-3-9-22-20)11-19(25-26)23-12-14-5-7-16(21)8-6-14/h3-9,11,13H,2,10,12H2,1H3,(H,22,24)(H,23,25). The summed E-state index contributed by atoms with van der Waals surface area (Å²) in [6.07, 6.45) is 4.58. The summed E-state index contributed by atoms with van der Waals surface area (Å²) in [6.45, 7) is 3.49. The largest absolute Gasteiger partial charge is 0.365 e. The lowest BCUT2D eigenvalue weighted by atomic mass is 10.1. The monoisotopic (exact) mass is 349 g/mol. The highest BCUT2D eigenvalue weighted by Gasteiger charge is 2.11. The normalized spacial score (nSPS) is 11.2. The maximum absolute atomic E-state index is 13.0. The number of aromatic amines is 1. The molecule has 4 aromatic rings. The van der Waals surface area contributed by atoms with E-state index in [0.29, 0.717) is 6.54 Å². The Morgan fingerprint density at radius 3 is 2.85 bits per heavy atom. The molecule has 0 saturated heterocycles. The van der Waals surface area contributed by atoms with Crippen molar-refractivity contribution in [1.82, 2.24) is 19.7 Å². The summed E-state index contributed by atoms with van der Waals surface area (Å²) in [7, 11) is 0. The van der Waals surface area contributed by atoms with Crippen LogP contribution in [-0.2, 0) is 19.5 Å². The summed E-state index contributed by atoms with van der Waals surface area (Å²) in [5.74, 6) is 0.601. The predicted molar refractivity (Wildman–Crippen MR) is 101 cm³/mol. The van der Waals surface area contributed by atoms with E-state index in [1.54, 1.807) is 18.3 Å². The van der Waals surface area contributed by atoms with Gasteiger partial charge in [-0.25, -0.2) is 9.37 Å². The third kappa shape index (κ3) is 3.31. The van der Waals surface area contributed by atoms with Crippen molar-refractivity contribution in [2.24, 2.45) is 0 Å². The number of anilines is 1. The van der Waals surface area contributed by atoms with Crippen molar-refractivity contribution in [2.75, 3.05) is 5.32 Å². The van der Waals surface area contributed by atoms with E-state index in [9.17, 15) is 4.39 Å². The molecule has 5 nitrogen and oxygen atoms in total. The highest BCUT2D eigenvalue weighted by Crippen LogP contribution is 2.21. The van der Waals surface area contributed by atoms with E-state index in [0.717, 1.165) is 41.1 Å². The van der Waals surface area contributed by atoms with Crippen LogP contribution >= 0.6 is 0 Å². The van der Waals surface area contributed by atoms with Crippen molar-refractivity contribution in [3.63, 3.8) is 0 Å². The molecule has 0 aliphatic carbocycles. The Balaban J connectivity index is 1.52. The summed E-state index contributed by atoms with van der Waals surface area (Å²) in [4.78, 5) is 7.56. The first-order valence-electron chi connectivity index (χ1n) is 8.69. The Morgan fingerprint density at radius 1 is 1.19 bits per heavy atom. The molecule has 6 heteroatoms. The molecule has 0 saturated carbocycles. The van der Waals surface area contributed by atoms with Crippen LogP contribution in [0.2, 0.25) is 0 Å². The fraction of sp³-hybridized carbons (Fsp3) is 0.200. The maximum atomic E-state index is 13.0. The number of nitrogens with zero attached hydrogens (tertiary/aromatic N) is 3.